The van der Waals surface area contributed by atoms with E-state index >= 15 is 0 Å². The molecule has 0 unspecified atom stereocenters. The van der Waals surface area contributed by atoms with E-state index in [2.05, 4.69) is 20.4 Å². The van der Waals surface area contributed by atoms with Crippen molar-refractivity contribution in [3.8, 4) is 0 Å². The lowest BCUT2D eigenvalue weighted by Crippen LogP contribution is -2.27. The van der Waals surface area contributed by atoms with Gasteiger partial charge in [-0.1, -0.05) is 0 Å². The number of ether oxygens (including phenoxy) is 1. The molecule has 0 aliphatic carbocycles. The molecule has 0 saturated heterocycles. The SMILES string of the molecule is CCNc1ccc(C(=O)NCCOCC(F)F)cn1. The molecule has 0 aliphatic rings. The van der Waals surface area contributed by atoms with Crippen molar-refractivity contribution in [2.45, 2.75) is 13.3 Å². The molecule has 19 heavy (non-hydrogen) atoms. The van der Waals surface area contributed by atoms with Crippen molar-refractivity contribution < 1.29 is 18.3 Å². The Morgan fingerprint density at radius 2 is 2.26 bits per heavy atom. The Kier molecular flexibility index (Phi) is 6.73. The number of carbonyl (C=O) groups is 1. The van der Waals surface area contributed by atoms with Gasteiger partial charge in [-0.15, -0.1) is 0 Å². The van der Waals surface area contributed by atoms with Crippen LogP contribution in [-0.4, -0.2) is 43.6 Å². The molecular weight excluding hydrogens is 256 g/mol. The van der Waals surface area contributed by atoms with Gasteiger partial charge in [-0.05, 0) is 19.1 Å². The summed E-state index contributed by atoms with van der Waals surface area (Å²) in [6.45, 7) is 2.32. The minimum Gasteiger partial charge on any atom is -0.374 e. The summed E-state index contributed by atoms with van der Waals surface area (Å²) in [5.41, 5.74) is 0.413. The van der Waals surface area contributed by atoms with E-state index in [-0.39, 0.29) is 19.1 Å². The first kappa shape index (κ1) is 15.3. The second-order valence-electron chi connectivity index (χ2n) is 3.68. The van der Waals surface area contributed by atoms with Crippen LogP contribution in [0, 0.1) is 0 Å². The van der Waals surface area contributed by atoms with E-state index in [1.807, 2.05) is 6.92 Å². The summed E-state index contributed by atoms with van der Waals surface area (Å²) in [6.07, 6.45) is -1.04. The highest BCUT2D eigenvalue weighted by atomic mass is 19.3. The molecular formula is C12H17F2N3O2. The van der Waals surface area contributed by atoms with Gasteiger partial charge >= 0.3 is 0 Å². The highest BCUT2D eigenvalue weighted by molar-refractivity contribution is 5.94. The molecule has 0 fully saturated rings. The number of alkyl halides is 2. The van der Waals surface area contributed by atoms with Crippen LogP contribution in [-0.2, 0) is 4.74 Å². The predicted molar refractivity (Wildman–Crippen MR) is 67.6 cm³/mol. The molecule has 106 valence electrons. The van der Waals surface area contributed by atoms with Crippen molar-refractivity contribution in [1.29, 1.82) is 0 Å². The van der Waals surface area contributed by atoms with Gasteiger partial charge in [-0.25, -0.2) is 13.8 Å². The number of amides is 1. The van der Waals surface area contributed by atoms with Crippen molar-refractivity contribution in [2.24, 2.45) is 0 Å². The summed E-state index contributed by atoms with van der Waals surface area (Å²) in [6, 6.07) is 3.34. The minimum atomic E-state index is -2.49. The minimum absolute atomic E-state index is 0.0545. The normalized spacial score (nSPS) is 10.5. The molecule has 0 radical (unpaired) electrons. The third-order valence-electron chi connectivity index (χ3n) is 2.16. The summed E-state index contributed by atoms with van der Waals surface area (Å²) in [7, 11) is 0. The first-order valence-electron chi connectivity index (χ1n) is 5.97. The summed E-state index contributed by atoms with van der Waals surface area (Å²) in [5.74, 6) is 0.385. The molecule has 1 heterocycles. The number of hydrogen-bond acceptors (Lipinski definition) is 4. The Balaban J connectivity index is 2.29. The fraction of sp³-hybridized carbons (Fsp3) is 0.500. The molecule has 0 bridgehead atoms. The average Bonchev–Trinajstić information content (AvgIpc) is 2.39. The third-order valence-corrected chi connectivity index (χ3v) is 2.16. The molecule has 5 nitrogen and oxygen atoms in total. The van der Waals surface area contributed by atoms with Crippen LogP contribution in [0.25, 0.3) is 0 Å². The lowest BCUT2D eigenvalue weighted by atomic mass is 10.2. The van der Waals surface area contributed by atoms with Crippen LogP contribution in [0.3, 0.4) is 0 Å². The number of nitrogens with one attached hydrogen (secondary N) is 2. The number of hydrogen-bond donors (Lipinski definition) is 2. The number of anilines is 1. The van der Waals surface area contributed by atoms with E-state index < -0.39 is 13.0 Å². The molecule has 1 aromatic rings. The van der Waals surface area contributed by atoms with E-state index in [1.165, 1.54) is 6.20 Å². The first-order valence-corrected chi connectivity index (χ1v) is 5.97. The van der Waals surface area contributed by atoms with Gasteiger partial charge in [0, 0.05) is 19.3 Å². The van der Waals surface area contributed by atoms with Crippen molar-refractivity contribution in [1.82, 2.24) is 10.3 Å². The molecule has 1 rings (SSSR count). The maximum absolute atomic E-state index is 11.8. The lowest BCUT2D eigenvalue weighted by Gasteiger charge is -2.07. The van der Waals surface area contributed by atoms with Gasteiger partial charge in [0.25, 0.3) is 12.3 Å². The second-order valence-corrected chi connectivity index (χ2v) is 3.68. The smallest absolute Gasteiger partial charge is 0.261 e. The summed E-state index contributed by atoms with van der Waals surface area (Å²) in [5, 5.41) is 5.57. The second kappa shape index (κ2) is 8.36. The van der Waals surface area contributed by atoms with Gasteiger partial charge in [0.1, 0.15) is 12.4 Å². The Morgan fingerprint density at radius 3 is 2.84 bits per heavy atom. The number of halogens is 2. The van der Waals surface area contributed by atoms with Crippen LogP contribution in [0.4, 0.5) is 14.6 Å². The maximum Gasteiger partial charge on any atom is 0.261 e. The summed E-state index contributed by atoms with van der Waals surface area (Å²) >= 11 is 0. The molecule has 1 amide bonds. The zero-order chi connectivity index (χ0) is 14.1. The standard InChI is InChI=1S/C12H17F2N3O2/c1-2-15-11-4-3-9(7-17-11)12(18)16-5-6-19-8-10(13)14/h3-4,7,10H,2,5-6,8H2,1H3,(H,15,17)(H,16,18). The van der Waals surface area contributed by atoms with Gasteiger partial charge in [0.2, 0.25) is 0 Å². The van der Waals surface area contributed by atoms with Crippen LogP contribution in [0.5, 0.6) is 0 Å². The van der Waals surface area contributed by atoms with E-state index in [4.69, 9.17) is 0 Å². The van der Waals surface area contributed by atoms with Crippen LogP contribution < -0.4 is 10.6 Å². The van der Waals surface area contributed by atoms with Crippen molar-refractivity contribution in [2.75, 3.05) is 31.6 Å². The Bertz CT molecular complexity index is 385. The van der Waals surface area contributed by atoms with E-state index in [1.54, 1.807) is 12.1 Å². The quantitative estimate of drug-likeness (QED) is 0.705. The Morgan fingerprint density at radius 1 is 1.47 bits per heavy atom. The maximum atomic E-state index is 11.8. The highest BCUT2D eigenvalue weighted by Crippen LogP contribution is 2.04. The van der Waals surface area contributed by atoms with E-state index in [9.17, 15) is 13.6 Å². The molecule has 0 atom stereocenters. The molecule has 7 heteroatoms. The van der Waals surface area contributed by atoms with E-state index in [0.29, 0.717) is 11.4 Å². The fourth-order valence-corrected chi connectivity index (χ4v) is 1.33. The van der Waals surface area contributed by atoms with Crippen LogP contribution in [0.15, 0.2) is 18.3 Å². The largest absolute Gasteiger partial charge is 0.374 e. The molecule has 2 N–H and O–H groups in total. The molecule has 0 aliphatic heterocycles. The predicted octanol–water partition coefficient (Wildman–Crippen LogP) is 1.52. The monoisotopic (exact) mass is 273 g/mol. The van der Waals surface area contributed by atoms with Gasteiger partial charge < -0.3 is 15.4 Å². The molecule has 0 spiro atoms. The highest BCUT2D eigenvalue weighted by Gasteiger charge is 2.06. The zero-order valence-corrected chi connectivity index (χ0v) is 10.7. The summed E-state index contributed by atoms with van der Waals surface area (Å²) < 4.78 is 28.2. The van der Waals surface area contributed by atoms with Crippen LogP contribution in [0.2, 0.25) is 0 Å². The van der Waals surface area contributed by atoms with Crippen LogP contribution in [0.1, 0.15) is 17.3 Å². The fourth-order valence-electron chi connectivity index (χ4n) is 1.33. The van der Waals surface area contributed by atoms with Crippen molar-refractivity contribution in [3.05, 3.63) is 23.9 Å². The number of nitrogens with zero attached hydrogens (tertiary/aromatic N) is 1. The van der Waals surface area contributed by atoms with Gasteiger partial charge in [0.05, 0.1) is 12.2 Å². The third kappa shape index (κ3) is 6.10. The molecule has 0 aromatic carbocycles. The van der Waals surface area contributed by atoms with Crippen molar-refractivity contribution >= 4 is 11.7 Å². The van der Waals surface area contributed by atoms with Gasteiger partial charge in [-0.3, -0.25) is 4.79 Å². The Labute approximate surface area is 110 Å². The van der Waals surface area contributed by atoms with Gasteiger partial charge in [0.15, 0.2) is 0 Å². The van der Waals surface area contributed by atoms with Crippen LogP contribution >= 0.6 is 0 Å². The number of pyridine rings is 1. The summed E-state index contributed by atoms with van der Waals surface area (Å²) in [4.78, 5) is 15.7. The van der Waals surface area contributed by atoms with E-state index in [0.717, 1.165) is 6.54 Å². The number of rotatable bonds is 8. The zero-order valence-electron chi connectivity index (χ0n) is 10.7. The molecule has 1 aromatic heterocycles. The van der Waals surface area contributed by atoms with Gasteiger partial charge in [-0.2, -0.15) is 0 Å². The first-order chi connectivity index (χ1) is 9.13. The number of aromatic nitrogens is 1. The number of carbonyl (C=O) groups excluding carboxylic acids is 1. The van der Waals surface area contributed by atoms with Crippen molar-refractivity contribution in [3.63, 3.8) is 0 Å². The molecule has 0 saturated carbocycles. The Hall–Kier alpha value is -1.76. The average molecular weight is 273 g/mol. The topological polar surface area (TPSA) is 63.2 Å². The lowest BCUT2D eigenvalue weighted by molar-refractivity contribution is 0.0188.